The van der Waals surface area contributed by atoms with Crippen molar-refractivity contribution >= 4 is 23.0 Å². The van der Waals surface area contributed by atoms with Crippen molar-refractivity contribution in [1.29, 1.82) is 0 Å². The van der Waals surface area contributed by atoms with Crippen molar-refractivity contribution in [1.82, 2.24) is 4.57 Å². The number of benzene rings is 2. The van der Waals surface area contributed by atoms with Crippen LogP contribution in [0.5, 0.6) is 0 Å². The Morgan fingerprint density at radius 3 is 2.12 bits per heavy atom. The Labute approximate surface area is 139 Å². The first-order valence-corrected chi connectivity index (χ1v) is 7.58. The normalized spacial score (nSPS) is 10.2. The second kappa shape index (κ2) is 7.28. The van der Waals surface area contributed by atoms with Crippen LogP contribution in [0.1, 0.15) is 0 Å². The van der Waals surface area contributed by atoms with Crippen molar-refractivity contribution < 1.29 is 4.79 Å². The van der Waals surface area contributed by atoms with Gasteiger partial charge >= 0.3 is 0 Å². The molecule has 0 unspecified atom stereocenters. The summed E-state index contributed by atoms with van der Waals surface area (Å²) in [6, 6.07) is 22.0. The molecular formula is C19H17N3O2. The third-order valence-corrected chi connectivity index (χ3v) is 3.44. The van der Waals surface area contributed by atoms with Gasteiger partial charge in [0.25, 0.3) is 5.56 Å². The van der Waals surface area contributed by atoms with Crippen LogP contribution in [0.4, 0.5) is 17.1 Å². The molecule has 0 aliphatic heterocycles. The van der Waals surface area contributed by atoms with Gasteiger partial charge in [-0.1, -0.05) is 24.3 Å². The monoisotopic (exact) mass is 319 g/mol. The highest BCUT2D eigenvalue weighted by Gasteiger charge is 2.04. The summed E-state index contributed by atoms with van der Waals surface area (Å²) in [5, 5.41) is 6.06. The van der Waals surface area contributed by atoms with Gasteiger partial charge in [-0.15, -0.1) is 0 Å². The number of nitrogens with zero attached hydrogens (tertiary/aromatic N) is 1. The molecule has 0 atom stereocenters. The Hall–Kier alpha value is -3.34. The predicted octanol–water partition coefficient (Wildman–Crippen LogP) is 3.23. The fourth-order valence-electron chi connectivity index (χ4n) is 2.27. The van der Waals surface area contributed by atoms with Crippen molar-refractivity contribution in [2.45, 2.75) is 6.54 Å². The van der Waals surface area contributed by atoms with Gasteiger partial charge in [0.15, 0.2) is 0 Å². The molecule has 0 spiro atoms. The molecule has 2 aromatic carbocycles. The van der Waals surface area contributed by atoms with E-state index in [1.165, 1.54) is 10.6 Å². The number of aromatic nitrogens is 1. The van der Waals surface area contributed by atoms with E-state index in [1.807, 2.05) is 54.6 Å². The number of carbonyl (C=O) groups is 1. The lowest BCUT2D eigenvalue weighted by Crippen LogP contribution is -2.26. The third kappa shape index (κ3) is 4.10. The molecule has 0 radical (unpaired) electrons. The predicted molar refractivity (Wildman–Crippen MR) is 95.5 cm³/mol. The minimum absolute atomic E-state index is 0.0102. The molecule has 2 N–H and O–H groups in total. The Balaban J connectivity index is 1.61. The number of nitrogens with one attached hydrogen (secondary N) is 2. The molecule has 0 aliphatic rings. The molecule has 0 bridgehead atoms. The Bertz CT molecular complexity index is 871. The van der Waals surface area contributed by atoms with Gasteiger partial charge < -0.3 is 15.2 Å². The smallest absolute Gasteiger partial charge is 0.250 e. The van der Waals surface area contributed by atoms with E-state index < -0.39 is 0 Å². The van der Waals surface area contributed by atoms with Crippen molar-refractivity contribution in [2.24, 2.45) is 0 Å². The zero-order valence-electron chi connectivity index (χ0n) is 13.0. The number of carbonyl (C=O) groups excluding carboxylic acids is 1. The molecule has 1 amide bonds. The van der Waals surface area contributed by atoms with Crippen LogP contribution < -0.4 is 16.2 Å². The molecule has 1 aromatic heterocycles. The molecule has 0 fully saturated rings. The lowest BCUT2D eigenvalue weighted by molar-refractivity contribution is -0.116. The van der Waals surface area contributed by atoms with Gasteiger partial charge in [0, 0.05) is 29.3 Å². The van der Waals surface area contributed by atoms with Crippen LogP contribution in [0.2, 0.25) is 0 Å². The number of hydrogen-bond acceptors (Lipinski definition) is 3. The molecule has 120 valence electrons. The molecule has 1 heterocycles. The third-order valence-electron chi connectivity index (χ3n) is 3.44. The summed E-state index contributed by atoms with van der Waals surface area (Å²) in [6.07, 6.45) is 1.59. The Morgan fingerprint density at radius 1 is 0.792 bits per heavy atom. The average molecular weight is 319 g/mol. The highest BCUT2D eigenvalue weighted by Crippen LogP contribution is 2.18. The lowest BCUT2D eigenvalue weighted by atomic mass is 10.2. The molecule has 0 saturated carbocycles. The molecule has 3 aromatic rings. The van der Waals surface area contributed by atoms with Gasteiger partial charge in [0.1, 0.15) is 6.54 Å². The zero-order valence-corrected chi connectivity index (χ0v) is 13.0. The van der Waals surface area contributed by atoms with E-state index in [2.05, 4.69) is 10.6 Å². The minimum atomic E-state index is -0.243. The van der Waals surface area contributed by atoms with Crippen molar-refractivity contribution in [3.63, 3.8) is 0 Å². The van der Waals surface area contributed by atoms with Gasteiger partial charge in [-0.05, 0) is 42.5 Å². The molecular weight excluding hydrogens is 302 g/mol. The second-order valence-electron chi connectivity index (χ2n) is 5.28. The summed E-state index contributed by atoms with van der Waals surface area (Å²) >= 11 is 0. The molecule has 24 heavy (non-hydrogen) atoms. The second-order valence-corrected chi connectivity index (χ2v) is 5.28. The van der Waals surface area contributed by atoms with E-state index in [4.69, 9.17) is 0 Å². The van der Waals surface area contributed by atoms with Crippen LogP contribution in [0.25, 0.3) is 0 Å². The first kappa shape index (κ1) is 15.6. The number of anilines is 3. The molecule has 5 heteroatoms. The molecule has 0 aliphatic carbocycles. The molecule has 5 nitrogen and oxygen atoms in total. The Morgan fingerprint density at radius 2 is 1.42 bits per heavy atom. The van der Waals surface area contributed by atoms with E-state index in [0.717, 1.165) is 11.4 Å². The summed E-state index contributed by atoms with van der Waals surface area (Å²) in [6.45, 7) is -0.0102. The SMILES string of the molecule is O=C(Cn1ccccc1=O)Nc1ccc(Nc2ccccc2)cc1. The van der Waals surface area contributed by atoms with Gasteiger partial charge in [0.2, 0.25) is 5.91 Å². The summed E-state index contributed by atoms with van der Waals surface area (Å²) < 4.78 is 1.36. The summed E-state index contributed by atoms with van der Waals surface area (Å²) in [4.78, 5) is 23.6. The maximum absolute atomic E-state index is 12.0. The quantitative estimate of drug-likeness (QED) is 0.759. The first-order valence-electron chi connectivity index (χ1n) is 7.58. The van der Waals surface area contributed by atoms with E-state index in [1.54, 1.807) is 18.3 Å². The zero-order chi connectivity index (χ0) is 16.8. The Kier molecular flexibility index (Phi) is 4.72. The number of hydrogen-bond donors (Lipinski definition) is 2. The van der Waals surface area contributed by atoms with E-state index in [-0.39, 0.29) is 18.0 Å². The summed E-state index contributed by atoms with van der Waals surface area (Å²) in [5.74, 6) is -0.243. The van der Waals surface area contributed by atoms with Gasteiger partial charge in [-0.2, -0.15) is 0 Å². The van der Waals surface area contributed by atoms with Gasteiger partial charge in [-0.3, -0.25) is 9.59 Å². The fraction of sp³-hybridized carbons (Fsp3) is 0.0526. The van der Waals surface area contributed by atoms with Crippen LogP contribution in [0.3, 0.4) is 0 Å². The van der Waals surface area contributed by atoms with Crippen molar-refractivity contribution in [3.05, 3.63) is 89.3 Å². The van der Waals surface area contributed by atoms with Gasteiger partial charge in [0.05, 0.1) is 0 Å². The largest absolute Gasteiger partial charge is 0.356 e. The molecule has 0 saturated heterocycles. The van der Waals surface area contributed by atoms with E-state index >= 15 is 0 Å². The maximum atomic E-state index is 12.0. The van der Waals surface area contributed by atoms with Crippen molar-refractivity contribution in [2.75, 3.05) is 10.6 Å². The highest BCUT2D eigenvalue weighted by atomic mass is 16.2. The number of amides is 1. The topological polar surface area (TPSA) is 63.1 Å². The molecule has 3 rings (SSSR count). The standard InChI is InChI=1S/C19H17N3O2/c23-18(14-22-13-5-4-8-19(22)24)21-17-11-9-16(10-12-17)20-15-6-2-1-3-7-15/h1-13,20H,14H2,(H,21,23). The number of rotatable bonds is 5. The van der Waals surface area contributed by atoms with Crippen molar-refractivity contribution in [3.8, 4) is 0 Å². The average Bonchev–Trinajstić information content (AvgIpc) is 2.60. The fourth-order valence-corrected chi connectivity index (χ4v) is 2.27. The maximum Gasteiger partial charge on any atom is 0.250 e. The number of pyridine rings is 1. The van der Waals surface area contributed by atoms with Crippen LogP contribution in [0, 0.1) is 0 Å². The minimum Gasteiger partial charge on any atom is -0.356 e. The van der Waals surface area contributed by atoms with Crippen LogP contribution in [-0.4, -0.2) is 10.5 Å². The first-order chi connectivity index (χ1) is 11.7. The van der Waals surface area contributed by atoms with Gasteiger partial charge in [-0.25, -0.2) is 0 Å². The summed E-state index contributed by atoms with van der Waals surface area (Å²) in [7, 11) is 0. The lowest BCUT2D eigenvalue weighted by Gasteiger charge is -2.09. The van der Waals surface area contributed by atoms with Crippen LogP contribution >= 0.6 is 0 Å². The van der Waals surface area contributed by atoms with Crippen LogP contribution in [0.15, 0.2) is 83.8 Å². The van der Waals surface area contributed by atoms with E-state index in [9.17, 15) is 9.59 Å². The number of para-hydroxylation sites is 1. The summed E-state index contributed by atoms with van der Waals surface area (Å²) in [5.41, 5.74) is 2.41. The van der Waals surface area contributed by atoms with E-state index in [0.29, 0.717) is 5.69 Å². The highest BCUT2D eigenvalue weighted by molar-refractivity contribution is 5.90. The van der Waals surface area contributed by atoms with Crippen LogP contribution in [-0.2, 0) is 11.3 Å².